The first-order valence-corrected chi connectivity index (χ1v) is 2.64. The molecule has 0 atom stereocenters. The summed E-state index contributed by atoms with van der Waals surface area (Å²) >= 11 is 0. The zero-order chi connectivity index (χ0) is 5.98. The Balaban J connectivity index is 0.000000640. The molecule has 0 fully saturated rings. The summed E-state index contributed by atoms with van der Waals surface area (Å²) in [6.45, 7) is 0.839. The van der Waals surface area contributed by atoms with Crippen molar-refractivity contribution >= 4 is 0 Å². The fourth-order valence-electron chi connectivity index (χ4n) is 0.629. The molecule has 0 amide bonds. The van der Waals surface area contributed by atoms with Crippen LogP contribution in [0.2, 0.25) is 0 Å². The fraction of sp³-hybridized carbons (Fsp3) is 0.500. The summed E-state index contributed by atoms with van der Waals surface area (Å²) in [6.07, 6.45) is 2.73. The predicted octanol–water partition coefficient (Wildman–Crippen LogP) is -3.32. The van der Waals surface area contributed by atoms with Gasteiger partial charge in [0.25, 0.3) is 0 Å². The number of hydrogen-bond acceptors (Lipinski definition) is 2. The minimum Gasteiger partial charge on any atom is -0.854 e. The van der Waals surface area contributed by atoms with Gasteiger partial charge in [-0.05, 0) is 12.5 Å². The van der Waals surface area contributed by atoms with Crippen molar-refractivity contribution in [2.45, 2.75) is 6.42 Å². The quantitative estimate of drug-likeness (QED) is 0.245. The summed E-state index contributed by atoms with van der Waals surface area (Å²) in [5.41, 5.74) is 2.59. The van der Waals surface area contributed by atoms with Gasteiger partial charge in [-0.1, -0.05) is 0 Å². The minimum absolute atomic E-state index is 0. The summed E-state index contributed by atoms with van der Waals surface area (Å²) in [7, 11) is 1.78. The van der Waals surface area contributed by atoms with Crippen LogP contribution in [0.25, 0.3) is 0 Å². The van der Waals surface area contributed by atoms with Crippen molar-refractivity contribution in [2.24, 2.45) is 0 Å². The molecule has 0 aromatic heterocycles. The van der Waals surface area contributed by atoms with Crippen molar-refractivity contribution in [3.8, 4) is 0 Å². The maximum atomic E-state index is 10.6. The Labute approximate surface area is 67.0 Å². The molecule has 0 saturated carbocycles. The molecule has 0 N–H and O–H groups in total. The first-order valence-electron chi connectivity index (χ1n) is 2.64. The van der Waals surface area contributed by atoms with Gasteiger partial charge in [-0.25, -0.2) is 0 Å². The molecule has 44 valence electrons. The van der Waals surface area contributed by atoms with E-state index in [1.165, 1.54) is 0 Å². The second-order valence-electron chi connectivity index (χ2n) is 1.86. The third kappa shape index (κ3) is 2.20. The van der Waals surface area contributed by atoms with E-state index in [0.717, 1.165) is 13.0 Å². The monoisotopic (exact) mass is 117 g/mol. The van der Waals surface area contributed by atoms with Crippen LogP contribution in [-0.2, 0) is 0 Å². The molecule has 0 saturated heterocycles. The van der Waals surface area contributed by atoms with E-state index in [9.17, 15) is 5.11 Å². The molecule has 1 aliphatic heterocycles. The Morgan fingerprint density at radius 1 is 1.78 bits per heavy atom. The Hall–Kier alpha value is -0.283. The van der Waals surface area contributed by atoms with Crippen LogP contribution in [0.3, 0.4) is 0 Å². The SMILES string of the molecule is CN1CCC=C=C1[O-].[Li+]. The summed E-state index contributed by atoms with van der Waals surface area (Å²) in [6, 6.07) is 0. The molecule has 9 heavy (non-hydrogen) atoms. The minimum atomic E-state index is -0.00347. The van der Waals surface area contributed by atoms with Crippen LogP contribution in [0, 0.1) is 0 Å². The number of nitrogens with zero attached hydrogens (tertiary/aromatic N) is 1. The van der Waals surface area contributed by atoms with Gasteiger partial charge in [0.15, 0.2) is 0 Å². The van der Waals surface area contributed by atoms with Gasteiger partial charge in [0.2, 0.25) is 0 Å². The summed E-state index contributed by atoms with van der Waals surface area (Å²) in [4.78, 5) is 1.65. The molecule has 1 heterocycles. The molecule has 0 aromatic rings. The van der Waals surface area contributed by atoms with Gasteiger partial charge >= 0.3 is 18.9 Å². The Bertz CT molecular complexity index is 149. The Kier molecular flexibility index (Phi) is 3.57. The van der Waals surface area contributed by atoms with Crippen LogP contribution in [0.5, 0.6) is 0 Å². The van der Waals surface area contributed by atoms with E-state index >= 15 is 0 Å². The predicted molar refractivity (Wildman–Crippen MR) is 28.8 cm³/mol. The van der Waals surface area contributed by atoms with E-state index in [1.54, 1.807) is 18.0 Å². The fourth-order valence-corrected chi connectivity index (χ4v) is 0.629. The van der Waals surface area contributed by atoms with Crippen molar-refractivity contribution in [3.63, 3.8) is 0 Å². The zero-order valence-electron chi connectivity index (χ0n) is 5.85. The smallest absolute Gasteiger partial charge is 0.854 e. The second-order valence-corrected chi connectivity index (χ2v) is 1.86. The first kappa shape index (κ1) is 8.72. The molecule has 0 aliphatic carbocycles. The van der Waals surface area contributed by atoms with Gasteiger partial charge in [0, 0.05) is 19.5 Å². The second kappa shape index (κ2) is 3.69. The normalized spacial score (nSPS) is 16.6. The van der Waals surface area contributed by atoms with Crippen LogP contribution >= 0.6 is 0 Å². The van der Waals surface area contributed by atoms with Gasteiger partial charge in [-0.2, -0.15) is 0 Å². The Morgan fingerprint density at radius 3 is 2.78 bits per heavy atom. The molecule has 1 aliphatic rings. The molecular formula is C6H8LiNO. The van der Waals surface area contributed by atoms with Crippen molar-refractivity contribution in [3.05, 3.63) is 17.7 Å². The molecule has 3 heteroatoms. The number of hydrogen-bond donors (Lipinski definition) is 0. The van der Waals surface area contributed by atoms with E-state index in [1.807, 2.05) is 0 Å². The maximum absolute atomic E-state index is 10.6. The van der Waals surface area contributed by atoms with E-state index in [4.69, 9.17) is 0 Å². The average Bonchev–Trinajstić information content (AvgIpc) is 1.77. The van der Waals surface area contributed by atoms with Gasteiger partial charge < -0.3 is 10.0 Å². The first-order chi connectivity index (χ1) is 3.80. The van der Waals surface area contributed by atoms with Gasteiger partial charge in [-0.15, -0.1) is 5.73 Å². The van der Waals surface area contributed by atoms with Crippen LogP contribution in [0.1, 0.15) is 6.42 Å². The van der Waals surface area contributed by atoms with E-state index in [2.05, 4.69) is 5.73 Å². The summed E-state index contributed by atoms with van der Waals surface area (Å²) in [5.74, 6) is -0.00347. The largest absolute Gasteiger partial charge is 1.00 e. The van der Waals surface area contributed by atoms with Crippen LogP contribution < -0.4 is 24.0 Å². The molecule has 1 rings (SSSR count). The van der Waals surface area contributed by atoms with Gasteiger partial charge in [0.05, 0.1) is 0 Å². The van der Waals surface area contributed by atoms with Crippen LogP contribution in [0.15, 0.2) is 17.7 Å². The average molecular weight is 117 g/mol. The maximum Gasteiger partial charge on any atom is 1.00 e. The third-order valence-corrected chi connectivity index (χ3v) is 1.18. The van der Waals surface area contributed by atoms with Crippen molar-refractivity contribution in [1.29, 1.82) is 0 Å². The molecule has 0 aromatic carbocycles. The van der Waals surface area contributed by atoms with E-state index < -0.39 is 0 Å². The van der Waals surface area contributed by atoms with E-state index in [0.29, 0.717) is 0 Å². The van der Waals surface area contributed by atoms with Crippen LogP contribution in [0.4, 0.5) is 0 Å². The summed E-state index contributed by atoms with van der Waals surface area (Å²) < 4.78 is 0. The number of rotatable bonds is 0. The summed E-state index contributed by atoms with van der Waals surface area (Å²) in [5, 5.41) is 10.6. The molecular weight excluding hydrogens is 109 g/mol. The molecule has 2 nitrogen and oxygen atoms in total. The van der Waals surface area contributed by atoms with Crippen molar-refractivity contribution in [2.75, 3.05) is 13.6 Å². The molecule has 0 bridgehead atoms. The zero-order valence-corrected chi connectivity index (χ0v) is 5.85. The molecule has 0 unspecified atom stereocenters. The molecule has 0 radical (unpaired) electrons. The van der Waals surface area contributed by atoms with Crippen molar-refractivity contribution in [1.82, 2.24) is 4.90 Å². The van der Waals surface area contributed by atoms with Crippen molar-refractivity contribution < 1.29 is 24.0 Å². The standard InChI is InChI=1S/C6H9NO.Li/c1-7-5-3-2-4-6(7)8;/h2,8H,3,5H2,1H3;/q;+1/p-1. The van der Waals surface area contributed by atoms with Gasteiger partial charge in [0.1, 0.15) is 0 Å². The topological polar surface area (TPSA) is 26.3 Å². The molecule has 0 spiro atoms. The van der Waals surface area contributed by atoms with Crippen LogP contribution in [-0.4, -0.2) is 18.5 Å². The Morgan fingerprint density at radius 2 is 2.44 bits per heavy atom. The van der Waals surface area contributed by atoms with Gasteiger partial charge in [-0.3, -0.25) is 0 Å². The van der Waals surface area contributed by atoms with E-state index in [-0.39, 0.29) is 24.7 Å². The third-order valence-electron chi connectivity index (χ3n) is 1.18.